The molecule has 0 bridgehead atoms. The average Bonchev–Trinajstić information content (AvgIpc) is 2.50. The largest absolute Gasteiger partial charge is 0.693 e. The monoisotopic (exact) mass is 502 g/mol. The van der Waals surface area contributed by atoms with Crippen molar-refractivity contribution in [3.8, 4) is 11.1 Å². The van der Waals surface area contributed by atoms with Crippen LogP contribution in [0.5, 0.6) is 0 Å². The van der Waals surface area contributed by atoms with E-state index in [1.807, 2.05) is 18.3 Å². The number of fused-ring (bicyclic) bond motifs is 1. The van der Waals surface area contributed by atoms with Gasteiger partial charge in [0.2, 0.25) is 0 Å². The minimum Gasteiger partial charge on any atom is -0.693 e. The molecule has 6 heteroatoms. The predicted octanol–water partition coefficient (Wildman–Crippen LogP) is 3.03. The van der Waals surface area contributed by atoms with Gasteiger partial charge < -0.3 is 24.7 Å². The summed E-state index contributed by atoms with van der Waals surface area (Å²) < 4.78 is 0. The van der Waals surface area contributed by atoms with Gasteiger partial charge in [0.05, 0.1) is 5.52 Å². The van der Waals surface area contributed by atoms with E-state index in [1.165, 1.54) is 16.5 Å². The van der Waals surface area contributed by atoms with Gasteiger partial charge in [-0.1, -0.05) is 42.5 Å². The van der Waals surface area contributed by atoms with Crippen molar-refractivity contribution in [3.63, 3.8) is 0 Å². The zero-order valence-corrected chi connectivity index (χ0v) is 14.8. The van der Waals surface area contributed by atoms with Crippen LogP contribution in [0, 0.1) is 0 Å². The van der Waals surface area contributed by atoms with Crippen LogP contribution in [0.25, 0.3) is 34.3 Å². The number of halogens is 2. The summed E-state index contributed by atoms with van der Waals surface area (Å²) in [6, 6.07) is 20.8. The van der Waals surface area contributed by atoms with Crippen LogP contribution >= 0.6 is 9.42 Å². The zero-order valence-electron chi connectivity index (χ0n) is 11.0. The molecule has 0 fully saturated rings. The number of rotatable bonds is 1. The van der Waals surface area contributed by atoms with Gasteiger partial charge in [0.25, 0.3) is 0 Å². The fourth-order valence-electron chi connectivity index (χ4n) is 1.89. The van der Waals surface area contributed by atoms with Crippen LogP contribution in [0.1, 0.15) is 0 Å². The van der Waals surface area contributed by atoms with E-state index < -0.39 is 0 Å². The molecule has 0 atom stereocenters. The minimum absolute atomic E-state index is 0. The Morgan fingerprint density at radius 3 is 2.10 bits per heavy atom. The van der Waals surface area contributed by atoms with Crippen LogP contribution in [-0.4, -0.2) is 4.98 Å². The molecule has 0 unspecified atom stereocenters. The van der Waals surface area contributed by atoms with E-state index in [1.54, 1.807) is 18.8 Å². The Morgan fingerprint density at radius 2 is 1.43 bits per heavy atom. The van der Waals surface area contributed by atoms with Crippen LogP contribution < -0.4 is 12.4 Å². The van der Waals surface area contributed by atoms with Gasteiger partial charge in [-0.25, -0.2) is 0 Å². The van der Waals surface area contributed by atoms with Crippen molar-refractivity contribution in [2.75, 3.05) is 0 Å². The number of pyridine rings is 1. The van der Waals surface area contributed by atoms with E-state index in [2.05, 4.69) is 62.9 Å². The van der Waals surface area contributed by atoms with Gasteiger partial charge in [0.1, 0.15) is 0 Å². The first kappa shape index (κ1) is 22.3. The van der Waals surface area contributed by atoms with Crippen molar-refractivity contribution in [2.24, 2.45) is 0 Å². The fourth-order valence-corrected chi connectivity index (χ4v) is 1.89. The maximum atomic E-state index is 4.61. The van der Waals surface area contributed by atoms with Gasteiger partial charge in [-0.3, -0.25) is 4.98 Å². The maximum absolute atomic E-state index is 4.61. The second-order valence-electron chi connectivity index (χ2n) is 3.78. The quantitative estimate of drug-likeness (QED) is 0.503. The Hall–Kier alpha value is -0.962. The van der Waals surface area contributed by atoms with Crippen LogP contribution in [0.2, 0.25) is 0 Å². The predicted molar refractivity (Wildman–Crippen MR) is 83.6 cm³/mol. The van der Waals surface area contributed by atoms with Crippen LogP contribution in [-0.2, 0) is 18.8 Å². The molecule has 3 rings (SSSR count). The van der Waals surface area contributed by atoms with Gasteiger partial charge in [-0.15, -0.1) is 0 Å². The summed E-state index contributed by atoms with van der Waals surface area (Å²) in [5, 5.41) is 1.18. The number of aromatic nitrogens is 1. The van der Waals surface area contributed by atoms with E-state index in [0.29, 0.717) is 0 Å². The molecule has 3 aromatic rings. The first-order chi connectivity index (χ1) is 8.93. The van der Waals surface area contributed by atoms with Gasteiger partial charge in [0, 0.05) is 11.6 Å². The van der Waals surface area contributed by atoms with Crippen LogP contribution in [0.3, 0.4) is 0 Å². The number of hydrogen-bond donors (Lipinski definition) is 0. The first-order valence-corrected chi connectivity index (χ1v) is 8.27. The van der Waals surface area contributed by atoms with Crippen molar-refractivity contribution in [1.82, 2.24) is 4.98 Å². The molecule has 0 aliphatic carbocycles. The van der Waals surface area contributed by atoms with Gasteiger partial charge in [0.15, 0.2) is 0 Å². The van der Waals surface area contributed by atoms with Crippen molar-refractivity contribution in [1.29, 1.82) is 0 Å². The normalized spacial score (nSPS) is 8.33. The second kappa shape index (κ2) is 11.7. The molecule has 21 heavy (non-hydrogen) atoms. The topological polar surface area (TPSA) is 79.9 Å². The van der Waals surface area contributed by atoms with Gasteiger partial charge in [-0.05, 0) is 29.3 Å². The molecule has 0 aliphatic rings. The fraction of sp³-hybridized carbons (Fsp3) is 0. The Kier molecular flexibility index (Phi) is 12.4. The molecule has 2 aromatic carbocycles. The van der Waals surface area contributed by atoms with Crippen molar-refractivity contribution in [2.45, 2.75) is 0 Å². The smallest absolute Gasteiger partial charge is 0.0702 e. The molecule has 0 radical (unpaired) electrons. The van der Waals surface area contributed by atoms with E-state index in [0.717, 1.165) is 5.52 Å². The molecule has 0 amide bonds. The SMILES string of the molecule is [Cl-].[Cl][Pt].[NH2-].[NH2-].c1ccc(-c2ccc3ncccc3c2)cc1. The molecule has 117 valence electrons. The summed E-state index contributed by atoms with van der Waals surface area (Å²) in [7, 11) is 4.61. The number of hydrogen-bond acceptors (Lipinski definition) is 1. The average molecular weight is 503 g/mol. The van der Waals surface area contributed by atoms with Crippen molar-refractivity contribution >= 4 is 20.3 Å². The van der Waals surface area contributed by atoms with Crippen molar-refractivity contribution in [3.05, 3.63) is 79.2 Å². The third kappa shape index (κ3) is 5.74. The third-order valence-corrected chi connectivity index (χ3v) is 2.71. The second-order valence-corrected chi connectivity index (χ2v) is 3.78. The molecular weight excluding hydrogens is 488 g/mol. The Labute approximate surface area is 146 Å². The van der Waals surface area contributed by atoms with E-state index in [9.17, 15) is 0 Å². The number of benzene rings is 2. The molecule has 1 aromatic heterocycles. The molecule has 0 saturated heterocycles. The Morgan fingerprint density at radius 1 is 0.762 bits per heavy atom. The van der Waals surface area contributed by atoms with E-state index in [4.69, 9.17) is 0 Å². The van der Waals surface area contributed by atoms with Gasteiger partial charge >= 0.3 is 28.2 Å². The number of nitrogens with two attached hydrogens (primary N) is 2. The molecule has 0 saturated carbocycles. The molecule has 0 spiro atoms. The minimum atomic E-state index is 0. The summed E-state index contributed by atoms with van der Waals surface area (Å²) in [6.45, 7) is 0. The van der Waals surface area contributed by atoms with Crippen molar-refractivity contribution < 1.29 is 31.2 Å². The summed E-state index contributed by atoms with van der Waals surface area (Å²) in [4.78, 5) is 4.32. The third-order valence-electron chi connectivity index (χ3n) is 2.71. The summed E-state index contributed by atoms with van der Waals surface area (Å²) in [5.41, 5.74) is 3.52. The Balaban J connectivity index is 0. The van der Waals surface area contributed by atoms with E-state index >= 15 is 0 Å². The Bertz CT molecular complexity index is 636. The number of nitrogens with zero attached hydrogens (tertiary/aromatic N) is 1. The van der Waals surface area contributed by atoms with Crippen LogP contribution in [0.15, 0.2) is 66.9 Å². The molecule has 3 nitrogen and oxygen atoms in total. The standard InChI is InChI=1S/C15H11N.2ClH.2H2N.Pt/c1-2-5-12(6-3-1)13-8-9-15-14(11-13)7-4-10-16-15;;;;;/h1-11H;2*1H;2*1H2;/q;;;2*-1;+1/p-2. The van der Waals surface area contributed by atoms with Crippen LogP contribution in [0.4, 0.5) is 0 Å². The summed E-state index contributed by atoms with van der Waals surface area (Å²) >= 11 is 1.61. The van der Waals surface area contributed by atoms with Gasteiger partial charge in [-0.2, -0.15) is 0 Å². The first-order valence-electron chi connectivity index (χ1n) is 5.46. The summed E-state index contributed by atoms with van der Waals surface area (Å²) in [5.74, 6) is 0. The summed E-state index contributed by atoms with van der Waals surface area (Å²) in [6.07, 6.45) is 1.82. The zero-order chi connectivity index (χ0) is 12.8. The molecular formula is C15H15Cl2N3Pt-3. The molecule has 1 heterocycles. The molecule has 4 N–H and O–H groups in total. The maximum Gasteiger partial charge on any atom is 0.0702 e. The van der Waals surface area contributed by atoms with E-state index in [-0.39, 0.29) is 24.7 Å². The molecule has 0 aliphatic heterocycles.